The lowest BCUT2D eigenvalue weighted by Crippen LogP contribution is -2.04. The molecule has 0 aliphatic rings. The molecule has 0 aromatic heterocycles. The molecule has 0 radical (unpaired) electrons. The van der Waals surface area contributed by atoms with Crippen molar-refractivity contribution in [1.82, 2.24) is 0 Å². The van der Waals surface area contributed by atoms with Gasteiger partial charge in [0.05, 0.1) is 17.6 Å². The third-order valence-electron chi connectivity index (χ3n) is 2.93. The fourth-order valence-corrected chi connectivity index (χ4v) is 1.83. The van der Waals surface area contributed by atoms with Crippen molar-refractivity contribution in [3.8, 4) is 0 Å². The lowest BCUT2D eigenvalue weighted by atomic mass is 10.1. The van der Waals surface area contributed by atoms with E-state index in [0.29, 0.717) is 5.56 Å². The van der Waals surface area contributed by atoms with Crippen LogP contribution >= 0.6 is 0 Å². The van der Waals surface area contributed by atoms with Crippen LogP contribution in [0.1, 0.15) is 11.1 Å². The summed E-state index contributed by atoms with van der Waals surface area (Å²) >= 11 is 0. The molecule has 0 aliphatic heterocycles. The number of anilines is 1. The summed E-state index contributed by atoms with van der Waals surface area (Å²) in [7, 11) is 0. The molecule has 110 valence electrons. The molecule has 7 heteroatoms. The number of hydrogen-bond acceptors (Lipinski definition) is 4. The highest BCUT2D eigenvalue weighted by atomic mass is 19.1. The molecular weight excluding hydrogens is 282 g/mol. The highest BCUT2D eigenvalue weighted by Crippen LogP contribution is 2.25. The normalized spacial score (nSPS) is 10.4. The van der Waals surface area contributed by atoms with Gasteiger partial charge in [-0.2, -0.15) is 0 Å². The van der Waals surface area contributed by atoms with Crippen LogP contribution in [0, 0.1) is 21.7 Å². The number of aliphatic hydroxyl groups is 1. The van der Waals surface area contributed by atoms with Crippen LogP contribution in [-0.4, -0.2) is 10.0 Å². The van der Waals surface area contributed by atoms with E-state index in [1.54, 1.807) is 6.07 Å². The van der Waals surface area contributed by atoms with E-state index in [2.05, 4.69) is 5.32 Å². The number of halogens is 2. The van der Waals surface area contributed by atoms with Gasteiger partial charge in [-0.3, -0.25) is 10.1 Å². The van der Waals surface area contributed by atoms with Gasteiger partial charge in [-0.25, -0.2) is 8.78 Å². The first kappa shape index (κ1) is 14.9. The van der Waals surface area contributed by atoms with Crippen molar-refractivity contribution < 1.29 is 18.8 Å². The average Bonchev–Trinajstić information content (AvgIpc) is 2.46. The molecule has 0 unspecified atom stereocenters. The zero-order chi connectivity index (χ0) is 15.4. The number of hydrogen-bond donors (Lipinski definition) is 2. The van der Waals surface area contributed by atoms with E-state index >= 15 is 0 Å². The Labute approximate surface area is 119 Å². The molecule has 21 heavy (non-hydrogen) atoms. The Hall–Kier alpha value is -2.54. The minimum absolute atomic E-state index is 0.134. The van der Waals surface area contributed by atoms with E-state index < -0.39 is 23.2 Å². The Morgan fingerprint density at radius 3 is 2.57 bits per heavy atom. The number of aliphatic hydroxyl groups excluding tert-OH is 1. The number of rotatable bonds is 5. The monoisotopic (exact) mass is 294 g/mol. The smallest absolute Gasteiger partial charge is 0.295 e. The van der Waals surface area contributed by atoms with Gasteiger partial charge < -0.3 is 10.4 Å². The molecule has 2 rings (SSSR count). The molecule has 0 aliphatic carbocycles. The molecule has 0 spiro atoms. The summed E-state index contributed by atoms with van der Waals surface area (Å²) < 4.78 is 26.5. The summed E-state index contributed by atoms with van der Waals surface area (Å²) in [5.41, 5.74) is 0.477. The molecule has 2 N–H and O–H groups in total. The van der Waals surface area contributed by atoms with Crippen LogP contribution in [-0.2, 0) is 13.2 Å². The van der Waals surface area contributed by atoms with Gasteiger partial charge >= 0.3 is 0 Å². The predicted octanol–water partition coefficient (Wildman–Crippen LogP) is 2.98. The van der Waals surface area contributed by atoms with Gasteiger partial charge in [-0.1, -0.05) is 12.1 Å². The third kappa shape index (κ3) is 3.51. The fraction of sp³-hybridized carbons (Fsp3) is 0.143. The summed E-state index contributed by atoms with van der Waals surface area (Å²) in [5.74, 6) is -1.25. The summed E-state index contributed by atoms with van der Waals surface area (Å²) in [6, 6.07) is 7.44. The predicted molar refractivity (Wildman–Crippen MR) is 72.7 cm³/mol. The third-order valence-corrected chi connectivity index (χ3v) is 2.93. The maximum absolute atomic E-state index is 13.5. The van der Waals surface area contributed by atoms with Crippen LogP contribution in [0.3, 0.4) is 0 Å². The van der Waals surface area contributed by atoms with Crippen LogP contribution in [0.2, 0.25) is 0 Å². The number of benzene rings is 2. The Morgan fingerprint density at radius 1 is 1.19 bits per heavy atom. The van der Waals surface area contributed by atoms with E-state index in [-0.39, 0.29) is 23.5 Å². The van der Waals surface area contributed by atoms with Crippen molar-refractivity contribution in [1.29, 1.82) is 0 Å². The number of nitro benzene ring substituents is 1. The van der Waals surface area contributed by atoms with Crippen LogP contribution < -0.4 is 5.32 Å². The van der Waals surface area contributed by atoms with Crippen LogP contribution in [0.4, 0.5) is 20.2 Å². The molecule has 5 nitrogen and oxygen atoms in total. The first-order valence-electron chi connectivity index (χ1n) is 6.07. The Bertz CT molecular complexity index is 677. The summed E-state index contributed by atoms with van der Waals surface area (Å²) in [6.07, 6.45) is 0. The fourth-order valence-electron chi connectivity index (χ4n) is 1.83. The second-order valence-corrected chi connectivity index (χ2v) is 4.36. The maximum Gasteiger partial charge on any atom is 0.295 e. The van der Waals surface area contributed by atoms with Crippen molar-refractivity contribution in [2.45, 2.75) is 13.2 Å². The van der Waals surface area contributed by atoms with Crippen molar-refractivity contribution >= 4 is 11.4 Å². The average molecular weight is 294 g/mol. The maximum atomic E-state index is 13.5. The molecule has 2 aromatic carbocycles. The lowest BCUT2D eigenvalue weighted by Gasteiger charge is -2.08. The van der Waals surface area contributed by atoms with Crippen LogP contribution in [0.25, 0.3) is 0 Å². The lowest BCUT2D eigenvalue weighted by molar-refractivity contribution is -0.384. The minimum atomic E-state index is -0.703. The van der Waals surface area contributed by atoms with E-state index in [1.807, 2.05) is 0 Å². The van der Waals surface area contributed by atoms with Gasteiger partial charge in [0.15, 0.2) is 0 Å². The van der Waals surface area contributed by atoms with E-state index in [9.17, 15) is 18.9 Å². The summed E-state index contributed by atoms with van der Waals surface area (Å²) in [5, 5.41) is 22.5. The van der Waals surface area contributed by atoms with E-state index in [4.69, 9.17) is 5.11 Å². The van der Waals surface area contributed by atoms with Gasteiger partial charge in [0.25, 0.3) is 5.69 Å². The van der Waals surface area contributed by atoms with Gasteiger partial charge in [0.2, 0.25) is 0 Å². The van der Waals surface area contributed by atoms with Crippen LogP contribution in [0.15, 0.2) is 36.4 Å². The minimum Gasteiger partial charge on any atom is -0.392 e. The van der Waals surface area contributed by atoms with Gasteiger partial charge in [0.1, 0.15) is 17.3 Å². The van der Waals surface area contributed by atoms with E-state index in [0.717, 1.165) is 12.1 Å². The molecule has 2 aromatic rings. The second kappa shape index (κ2) is 6.27. The Balaban J connectivity index is 2.16. The quantitative estimate of drug-likeness (QED) is 0.656. The largest absolute Gasteiger partial charge is 0.392 e. The van der Waals surface area contributed by atoms with Crippen molar-refractivity contribution in [3.05, 3.63) is 69.3 Å². The second-order valence-electron chi connectivity index (χ2n) is 4.36. The molecule has 0 fully saturated rings. The zero-order valence-electron chi connectivity index (χ0n) is 10.8. The molecule has 0 saturated heterocycles. The van der Waals surface area contributed by atoms with Crippen molar-refractivity contribution in [3.63, 3.8) is 0 Å². The molecule has 0 amide bonds. The number of nitrogens with zero attached hydrogens (tertiary/aromatic N) is 1. The number of nitro groups is 1. The highest BCUT2D eigenvalue weighted by molar-refractivity contribution is 5.61. The SMILES string of the molecule is O=[N+]([O-])c1cc(F)ccc1NCc1ccc(CO)c(F)c1. The van der Waals surface area contributed by atoms with Crippen LogP contribution in [0.5, 0.6) is 0 Å². The first-order chi connectivity index (χ1) is 10.0. The number of nitrogens with one attached hydrogen (secondary N) is 1. The van der Waals surface area contributed by atoms with Gasteiger partial charge in [0, 0.05) is 12.1 Å². The molecule has 0 atom stereocenters. The van der Waals surface area contributed by atoms with E-state index in [1.165, 1.54) is 18.2 Å². The molecule has 0 bridgehead atoms. The van der Waals surface area contributed by atoms with Gasteiger partial charge in [-0.15, -0.1) is 0 Å². The molecule has 0 saturated carbocycles. The topological polar surface area (TPSA) is 75.4 Å². The zero-order valence-corrected chi connectivity index (χ0v) is 10.8. The van der Waals surface area contributed by atoms with Crippen molar-refractivity contribution in [2.75, 3.05) is 5.32 Å². The van der Waals surface area contributed by atoms with Gasteiger partial charge in [-0.05, 0) is 23.8 Å². The Kier molecular flexibility index (Phi) is 4.44. The molecular formula is C14H12F2N2O3. The highest BCUT2D eigenvalue weighted by Gasteiger charge is 2.14. The summed E-state index contributed by atoms with van der Waals surface area (Å²) in [6.45, 7) is -0.266. The first-order valence-corrected chi connectivity index (χ1v) is 6.07. The molecule has 0 heterocycles. The Morgan fingerprint density at radius 2 is 1.95 bits per heavy atom. The standard InChI is InChI=1S/C14H12F2N2O3/c15-11-3-4-13(14(6-11)18(20)21)17-7-9-1-2-10(8-19)12(16)5-9/h1-6,17,19H,7-8H2. The summed E-state index contributed by atoms with van der Waals surface area (Å²) in [4.78, 5) is 10.1. The van der Waals surface area contributed by atoms with Crippen molar-refractivity contribution in [2.24, 2.45) is 0 Å².